The summed E-state index contributed by atoms with van der Waals surface area (Å²) in [5, 5.41) is 18.2. The number of nitrogens with zero attached hydrogens (tertiary/aromatic N) is 4. The van der Waals surface area contributed by atoms with Crippen molar-refractivity contribution in [1.29, 1.82) is 5.26 Å². The number of aryl methyl sites for hydroxylation is 2. The lowest BCUT2D eigenvalue weighted by molar-refractivity contribution is 0.407. The second-order valence-corrected chi connectivity index (χ2v) is 6.00. The van der Waals surface area contributed by atoms with Crippen molar-refractivity contribution in [2.45, 2.75) is 38.5 Å². The average molecular weight is 314 g/mol. The summed E-state index contributed by atoms with van der Waals surface area (Å²) in [6.07, 6.45) is 1.80. The zero-order valence-corrected chi connectivity index (χ0v) is 14.2. The SMILES string of the molecule is COc1c(C)cnc(CSc2nnc(C)c(C)c2C#N)c1C. The molecule has 0 aliphatic carbocycles. The molecule has 2 heterocycles. The first-order valence-corrected chi connectivity index (χ1v) is 7.84. The van der Waals surface area contributed by atoms with E-state index in [4.69, 9.17) is 4.74 Å². The third-order valence-corrected chi connectivity index (χ3v) is 4.61. The fourth-order valence-electron chi connectivity index (χ4n) is 2.17. The van der Waals surface area contributed by atoms with Crippen LogP contribution in [-0.2, 0) is 5.75 Å². The van der Waals surface area contributed by atoms with E-state index >= 15 is 0 Å². The molecule has 5 nitrogen and oxygen atoms in total. The van der Waals surface area contributed by atoms with Gasteiger partial charge in [0.25, 0.3) is 0 Å². The number of thioether (sulfide) groups is 1. The van der Waals surface area contributed by atoms with Gasteiger partial charge in [-0.2, -0.15) is 10.4 Å². The minimum absolute atomic E-state index is 0.592. The number of methoxy groups -OCH3 is 1. The van der Waals surface area contributed by atoms with Gasteiger partial charge in [0.2, 0.25) is 0 Å². The summed E-state index contributed by atoms with van der Waals surface area (Å²) in [6.45, 7) is 7.71. The molecule has 2 rings (SSSR count). The highest BCUT2D eigenvalue weighted by Crippen LogP contribution is 2.30. The topological polar surface area (TPSA) is 71.7 Å². The molecule has 6 heteroatoms. The number of rotatable bonds is 4. The van der Waals surface area contributed by atoms with Gasteiger partial charge < -0.3 is 4.74 Å². The molecule has 0 unspecified atom stereocenters. The van der Waals surface area contributed by atoms with Crippen molar-refractivity contribution in [2.75, 3.05) is 7.11 Å². The zero-order chi connectivity index (χ0) is 16.3. The van der Waals surface area contributed by atoms with Crippen LogP contribution in [0.15, 0.2) is 11.2 Å². The number of aromatic nitrogens is 3. The lowest BCUT2D eigenvalue weighted by atomic mass is 10.1. The summed E-state index contributed by atoms with van der Waals surface area (Å²) in [5.41, 5.74) is 5.21. The monoisotopic (exact) mass is 314 g/mol. The van der Waals surface area contributed by atoms with Crippen LogP contribution in [0, 0.1) is 39.0 Å². The van der Waals surface area contributed by atoms with Crippen molar-refractivity contribution in [2.24, 2.45) is 0 Å². The molecule has 0 spiro atoms. The lowest BCUT2D eigenvalue weighted by Gasteiger charge is -2.12. The molecule has 22 heavy (non-hydrogen) atoms. The molecule has 114 valence electrons. The van der Waals surface area contributed by atoms with Gasteiger partial charge >= 0.3 is 0 Å². The second-order valence-electron chi connectivity index (χ2n) is 5.04. The van der Waals surface area contributed by atoms with Crippen LogP contribution in [0.4, 0.5) is 0 Å². The van der Waals surface area contributed by atoms with Crippen molar-refractivity contribution in [1.82, 2.24) is 15.2 Å². The van der Waals surface area contributed by atoms with E-state index in [2.05, 4.69) is 21.3 Å². The quantitative estimate of drug-likeness (QED) is 0.806. The van der Waals surface area contributed by atoms with Gasteiger partial charge in [-0.3, -0.25) is 4.98 Å². The largest absolute Gasteiger partial charge is 0.496 e. The van der Waals surface area contributed by atoms with Gasteiger partial charge in [-0.15, -0.1) is 5.10 Å². The Labute approximate surface area is 134 Å². The maximum Gasteiger partial charge on any atom is 0.137 e. The van der Waals surface area contributed by atoms with Gasteiger partial charge in [-0.25, -0.2) is 0 Å². The van der Waals surface area contributed by atoms with Crippen molar-refractivity contribution in [3.8, 4) is 11.8 Å². The maximum absolute atomic E-state index is 9.33. The Kier molecular flexibility index (Phi) is 4.99. The highest BCUT2D eigenvalue weighted by molar-refractivity contribution is 7.98. The summed E-state index contributed by atoms with van der Waals surface area (Å²) in [6, 6.07) is 2.22. The molecule has 0 saturated heterocycles. The predicted molar refractivity (Wildman–Crippen MR) is 86.0 cm³/mol. The van der Waals surface area contributed by atoms with Gasteiger partial charge in [0.1, 0.15) is 16.8 Å². The molecular formula is C16H18N4OS. The Morgan fingerprint density at radius 3 is 2.55 bits per heavy atom. The first-order valence-electron chi connectivity index (χ1n) is 6.85. The van der Waals surface area contributed by atoms with Crippen LogP contribution < -0.4 is 4.74 Å². The van der Waals surface area contributed by atoms with Crippen molar-refractivity contribution < 1.29 is 4.74 Å². The van der Waals surface area contributed by atoms with Gasteiger partial charge in [0, 0.05) is 23.1 Å². The summed E-state index contributed by atoms with van der Waals surface area (Å²) in [4.78, 5) is 4.47. The molecule has 0 aliphatic rings. The Bertz CT molecular complexity index is 753. The molecule has 0 fully saturated rings. The molecule has 0 bridgehead atoms. The Morgan fingerprint density at radius 2 is 1.91 bits per heavy atom. The number of hydrogen-bond donors (Lipinski definition) is 0. The van der Waals surface area contributed by atoms with Crippen LogP contribution in [0.1, 0.15) is 33.6 Å². The third-order valence-electron chi connectivity index (χ3n) is 3.63. The molecule has 0 radical (unpaired) electrons. The smallest absolute Gasteiger partial charge is 0.137 e. The molecular weight excluding hydrogens is 296 g/mol. The van der Waals surface area contributed by atoms with E-state index in [1.54, 1.807) is 13.3 Å². The number of nitriles is 1. The number of ether oxygens (including phenoxy) is 1. The van der Waals surface area contributed by atoms with Crippen molar-refractivity contribution >= 4 is 11.8 Å². The van der Waals surface area contributed by atoms with E-state index < -0.39 is 0 Å². The van der Waals surface area contributed by atoms with Crippen molar-refractivity contribution in [3.63, 3.8) is 0 Å². The molecule has 0 aromatic carbocycles. The van der Waals surface area contributed by atoms with Gasteiger partial charge in [0.05, 0.1) is 24.1 Å². The molecule has 0 aliphatic heterocycles. The zero-order valence-electron chi connectivity index (χ0n) is 13.4. The van der Waals surface area contributed by atoms with E-state index in [0.29, 0.717) is 16.3 Å². The Hall–Kier alpha value is -2.13. The van der Waals surface area contributed by atoms with Crippen LogP contribution in [0.3, 0.4) is 0 Å². The minimum Gasteiger partial charge on any atom is -0.496 e. The standard InChI is InChI=1S/C16H18N4OS/c1-9-7-18-14(11(3)15(9)21-5)8-22-16-13(6-17)10(2)12(4)19-20-16/h7H,8H2,1-5H3. The number of pyridine rings is 1. The average Bonchev–Trinajstić information content (AvgIpc) is 2.50. The van der Waals surface area contributed by atoms with Crippen LogP contribution in [0.5, 0.6) is 5.75 Å². The third kappa shape index (κ3) is 3.04. The van der Waals surface area contributed by atoms with E-state index in [1.807, 2.05) is 27.7 Å². The molecule has 0 saturated carbocycles. The number of hydrogen-bond acceptors (Lipinski definition) is 6. The molecule has 0 atom stereocenters. The fourth-order valence-corrected chi connectivity index (χ4v) is 3.18. The minimum atomic E-state index is 0.592. The van der Waals surface area contributed by atoms with Crippen molar-refractivity contribution in [3.05, 3.63) is 39.8 Å². The van der Waals surface area contributed by atoms with E-state index in [0.717, 1.165) is 33.8 Å². The molecule has 0 amide bonds. The van der Waals surface area contributed by atoms with Gasteiger partial charge in [-0.1, -0.05) is 11.8 Å². The summed E-state index contributed by atoms with van der Waals surface area (Å²) in [5.74, 6) is 1.48. The van der Waals surface area contributed by atoms with E-state index in [9.17, 15) is 5.26 Å². The first-order chi connectivity index (χ1) is 10.5. The van der Waals surface area contributed by atoms with Gasteiger partial charge in [-0.05, 0) is 33.3 Å². The van der Waals surface area contributed by atoms with E-state index in [1.165, 1.54) is 11.8 Å². The molecule has 2 aromatic rings. The molecule has 2 aromatic heterocycles. The first kappa shape index (κ1) is 16.2. The van der Waals surface area contributed by atoms with Crippen LogP contribution >= 0.6 is 11.8 Å². The molecule has 0 N–H and O–H groups in total. The van der Waals surface area contributed by atoms with E-state index in [-0.39, 0.29) is 0 Å². The normalized spacial score (nSPS) is 10.4. The van der Waals surface area contributed by atoms with Crippen LogP contribution in [0.25, 0.3) is 0 Å². The van der Waals surface area contributed by atoms with Crippen LogP contribution in [-0.4, -0.2) is 22.3 Å². The lowest BCUT2D eigenvalue weighted by Crippen LogP contribution is -2.01. The maximum atomic E-state index is 9.33. The van der Waals surface area contributed by atoms with Crippen LogP contribution in [0.2, 0.25) is 0 Å². The fraction of sp³-hybridized carbons (Fsp3) is 0.375. The second kappa shape index (κ2) is 6.75. The Morgan fingerprint density at radius 1 is 1.18 bits per heavy atom. The predicted octanol–water partition coefficient (Wildman–Crippen LogP) is 3.28. The Balaban J connectivity index is 2.29. The summed E-state index contributed by atoms with van der Waals surface area (Å²) < 4.78 is 5.42. The summed E-state index contributed by atoms with van der Waals surface area (Å²) in [7, 11) is 1.66. The van der Waals surface area contributed by atoms with Gasteiger partial charge in [0.15, 0.2) is 0 Å². The highest BCUT2D eigenvalue weighted by atomic mass is 32.2. The summed E-state index contributed by atoms with van der Waals surface area (Å²) >= 11 is 1.47. The highest BCUT2D eigenvalue weighted by Gasteiger charge is 2.14.